The summed E-state index contributed by atoms with van der Waals surface area (Å²) in [6.07, 6.45) is 1.64. The van der Waals surface area contributed by atoms with Gasteiger partial charge in [-0.2, -0.15) is 0 Å². The Kier molecular flexibility index (Phi) is 3.98. The van der Waals surface area contributed by atoms with E-state index in [4.69, 9.17) is 4.52 Å². The van der Waals surface area contributed by atoms with Crippen LogP contribution in [0, 0.1) is 18.6 Å². The van der Waals surface area contributed by atoms with Gasteiger partial charge >= 0.3 is 0 Å². The SMILES string of the molecule is CSc1c(F)cc(-c2c(-c3ccccc3)noc2C)cc1F. The lowest BCUT2D eigenvalue weighted by Gasteiger charge is -2.07. The average molecular weight is 317 g/mol. The van der Waals surface area contributed by atoms with Crippen LogP contribution < -0.4 is 0 Å². The molecular formula is C17H13F2NOS. The number of nitrogens with zero attached hydrogens (tertiary/aromatic N) is 1. The smallest absolute Gasteiger partial charge is 0.142 e. The molecule has 0 aliphatic carbocycles. The van der Waals surface area contributed by atoms with Crippen molar-refractivity contribution in [3.05, 3.63) is 59.9 Å². The first-order valence-electron chi connectivity index (χ1n) is 6.67. The van der Waals surface area contributed by atoms with Gasteiger partial charge in [0.15, 0.2) is 0 Å². The number of aryl methyl sites for hydroxylation is 1. The molecule has 3 aromatic rings. The molecular weight excluding hydrogens is 304 g/mol. The first kappa shape index (κ1) is 14.8. The van der Waals surface area contributed by atoms with Gasteiger partial charge in [-0.1, -0.05) is 35.5 Å². The topological polar surface area (TPSA) is 26.0 Å². The number of rotatable bonds is 3. The first-order valence-corrected chi connectivity index (χ1v) is 7.89. The third-order valence-electron chi connectivity index (χ3n) is 3.40. The van der Waals surface area contributed by atoms with Crippen molar-refractivity contribution in [1.82, 2.24) is 5.16 Å². The molecule has 0 fully saturated rings. The van der Waals surface area contributed by atoms with E-state index in [1.54, 1.807) is 13.2 Å². The van der Waals surface area contributed by atoms with Gasteiger partial charge in [-0.15, -0.1) is 11.8 Å². The van der Waals surface area contributed by atoms with E-state index in [0.29, 0.717) is 22.6 Å². The zero-order valence-electron chi connectivity index (χ0n) is 12.1. The van der Waals surface area contributed by atoms with E-state index in [1.807, 2.05) is 30.3 Å². The van der Waals surface area contributed by atoms with Gasteiger partial charge < -0.3 is 4.52 Å². The standard InChI is InChI=1S/C17H13F2NOS/c1-10-15(12-8-13(18)17(22-2)14(19)9-12)16(20-21-10)11-6-4-3-5-7-11/h3-9H,1-2H3. The van der Waals surface area contributed by atoms with Crippen LogP contribution in [0.1, 0.15) is 5.76 Å². The van der Waals surface area contributed by atoms with Crippen molar-refractivity contribution >= 4 is 11.8 Å². The Bertz CT molecular complexity index is 792. The molecule has 0 radical (unpaired) electrons. The van der Waals surface area contributed by atoms with E-state index in [-0.39, 0.29) is 4.90 Å². The highest BCUT2D eigenvalue weighted by atomic mass is 32.2. The summed E-state index contributed by atoms with van der Waals surface area (Å²) in [4.78, 5) is 0.0131. The predicted molar refractivity (Wildman–Crippen MR) is 83.8 cm³/mol. The van der Waals surface area contributed by atoms with Crippen LogP contribution in [0.2, 0.25) is 0 Å². The fraction of sp³-hybridized carbons (Fsp3) is 0.118. The van der Waals surface area contributed by atoms with Crippen molar-refractivity contribution < 1.29 is 13.3 Å². The molecule has 0 amide bonds. The summed E-state index contributed by atoms with van der Waals surface area (Å²) in [5.74, 6) is -0.640. The molecule has 3 rings (SSSR count). The Balaban J connectivity index is 2.20. The van der Waals surface area contributed by atoms with Crippen molar-refractivity contribution in [3.63, 3.8) is 0 Å². The van der Waals surface area contributed by atoms with Gasteiger partial charge in [-0.05, 0) is 30.9 Å². The zero-order valence-corrected chi connectivity index (χ0v) is 12.9. The third kappa shape index (κ3) is 2.52. The molecule has 112 valence electrons. The Morgan fingerprint density at radius 2 is 1.64 bits per heavy atom. The molecule has 2 nitrogen and oxygen atoms in total. The van der Waals surface area contributed by atoms with E-state index in [0.717, 1.165) is 17.3 Å². The first-order chi connectivity index (χ1) is 10.6. The van der Waals surface area contributed by atoms with Crippen LogP contribution in [0.4, 0.5) is 8.78 Å². The molecule has 0 aliphatic heterocycles. The number of aromatic nitrogens is 1. The minimum absolute atomic E-state index is 0.0131. The Morgan fingerprint density at radius 3 is 2.23 bits per heavy atom. The summed E-state index contributed by atoms with van der Waals surface area (Å²) in [7, 11) is 0. The van der Waals surface area contributed by atoms with Crippen LogP contribution in [0.25, 0.3) is 22.4 Å². The maximum atomic E-state index is 14.1. The van der Waals surface area contributed by atoms with Gasteiger partial charge in [0.25, 0.3) is 0 Å². The number of hydrogen-bond donors (Lipinski definition) is 0. The number of benzene rings is 2. The fourth-order valence-corrected chi connectivity index (χ4v) is 2.91. The molecule has 0 bridgehead atoms. The van der Waals surface area contributed by atoms with E-state index < -0.39 is 11.6 Å². The molecule has 0 saturated carbocycles. The van der Waals surface area contributed by atoms with Gasteiger partial charge in [-0.25, -0.2) is 8.78 Å². The van der Waals surface area contributed by atoms with Crippen molar-refractivity contribution in [2.24, 2.45) is 0 Å². The molecule has 0 saturated heterocycles. The molecule has 0 unspecified atom stereocenters. The lowest BCUT2D eigenvalue weighted by atomic mass is 9.99. The molecule has 1 heterocycles. The molecule has 0 atom stereocenters. The van der Waals surface area contributed by atoms with Gasteiger partial charge in [0.05, 0.1) is 10.5 Å². The Hall–Kier alpha value is -2.14. The molecule has 5 heteroatoms. The highest BCUT2D eigenvalue weighted by molar-refractivity contribution is 7.98. The molecule has 0 N–H and O–H groups in total. The van der Waals surface area contributed by atoms with Crippen LogP contribution in [0.3, 0.4) is 0 Å². The molecule has 0 aliphatic rings. The lowest BCUT2D eigenvalue weighted by Crippen LogP contribution is -1.91. The van der Waals surface area contributed by atoms with Gasteiger partial charge in [0, 0.05) is 5.56 Å². The van der Waals surface area contributed by atoms with Crippen LogP contribution in [0.5, 0.6) is 0 Å². The van der Waals surface area contributed by atoms with Crippen molar-refractivity contribution in [2.45, 2.75) is 11.8 Å². The number of halogens is 2. The van der Waals surface area contributed by atoms with E-state index in [2.05, 4.69) is 5.16 Å². The van der Waals surface area contributed by atoms with Crippen LogP contribution in [-0.4, -0.2) is 11.4 Å². The number of thioether (sulfide) groups is 1. The second kappa shape index (κ2) is 5.93. The monoisotopic (exact) mass is 317 g/mol. The van der Waals surface area contributed by atoms with E-state index >= 15 is 0 Å². The summed E-state index contributed by atoms with van der Waals surface area (Å²) in [5, 5.41) is 4.04. The molecule has 2 aromatic carbocycles. The maximum absolute atomic E-state index is 14.1. The summed E-state index contributed by atoms with van der Waals surface area (Å²) >= 11 is 1.04. The minimum Gasteiger partial charge on any atom is -0.360 e. The van der Waals surface area contributed by atoms with Crippen molar-refractivity contribution in [2.75, 3.05) is 6.26 Å². The molecule has 1 aromatic heterocycles. The van der Waals surface area contributed by atoms with Crippen LogP contribution in [0.15, 0.2) is 51.9 Å². The largest absolute Gasteiger partial charge is 0.360 e. The van der Waals surface area contributed by atoms with Crippen molar-refractivity contribution in [3.8, 4) is 22.4 Å². The normalized spacial score (nSPS) is 10.9. The summed E-state index contributed by atoms with van der Waals surface area (Å²) in [5.41, 5.74) is 2.44. The van der Waals surface area contributed by atoms with Crippen LogP contribution >= 0.6 is 11.8 Å². The second-order valence-corrected chi connectivity index (χ2v) is 5.62. The second-order valence-electron chi connectivity index (χ2n) is 4.80. The van der Waals surface area contributed by atoms with Gasteiger partial charge in [0.1, 0.15) is 23.1 Å². The quantitative estimate of drug-likeness (QED) is 0.612. The molecule has 22 heavy (non-hydrogen) atoms. The minimum atomic E-state index is -0.581. The molecule has 0 spiro atoms. The lowest BCUT2D eigenvalue weighted by molar-refractivity contribution is 0.400. The maximum Gasteiger partial charge on any atom is 0.142 e. The van der Waals surface area contributed by atoms with Gasteiger partial charge in [-0.3, -0.25) is 0 Å². The Labute approximate surface area is 131 Å². The summed E-state index contributed by atoms with van der Waals surface area (Å²) < 4.78 is 33.4. The Morgan fingerprint density at radius 1 is 1.00 bits per heavy atom. The van der Waals surface area contributed by atoms with Crippen LogP contribution in [-0.2, 0) is 0 Å². The zero-order chi connectivity index (χ0) is 15.7. The number of hydrogen-bond acceptors (Lipinski definition) is 3. The summed E-state index contributed by atoms with van der Waals surface area (Å²) in [6, 6.07) is 12.0. The van der Waals surface area contributed by atoms with Crippen molar-refractivity contribution in [1.29, 1.82) is 0 Å². The average Bonchev–Trinajstić information content (AvgIpc) is 2.89. The summed E-state index contributed by atoms with van der Waals surface area (Å²) in [6.45, 7) is 1.73. The highest BCUT2D eigenvalue weighted by Gasteiger charge is 2.19. The third-order valence-corrected chi connectivity index (χ3v) is 4.20. The van der Waals surface area contributed by atoms with E-state index in [9.17, 15) is 8.78 Å². The van der Waals surface area contributed by atoms with E-state index in [1.165, 1.54) is 12.1 Å². The highest BCUT2D eigenvalue weighted by Crippen LogP contribution is 2.36. The fourth-order valence-electron chi connectivity index (χ4n) is 2.40. The van der Waals surface area contributed by atoms with Gasteiger partial charge in [0.2, 0.25) is 0 Å². The predicted octanol–water partition coefficient (Wildman–Crippen LogP) is 5.32.